The molecule has 3 heterocycles. The van der Waals surface area contributed by atoms with Crippen LogP contribution in [0.3, 0.4) is 0 Å². The average molecular weight is 411 g/mol. The first-order chi connectivity index (χ1) is 13.8. The van der Waals surface area contributed by atoms with Crippen LogP contribution in [0, 0.1) is 13.8 Å². The van der Waals surface area contributed by atoms with Gasteiger partial charge in [0.1, 0.15) is 18.2 Å². The van der Waals surface area contributed by atoms with Crippen molar-refractivity contribution in [3.8, 4) is 16.2 Å². The van der Waals surface area contributed by atoms with Crippen LogP contribution >= 0.6 is 11.3 Å². The van der Waals surface area contributed by atoms with Crippen LogP contribution in [0.4, 0.5) is 16.9 Å². The number of nitrogens with zero attached hydrogens (tertiary/aromatic N) is 4. The quantitative estimate of drug-likeness (QED) is 0.675. The van der Waals surface area contributed by atoms with E-state index in [1.165, 1.54) is 11.3 Å². The SMILES string of the molecule is Cc1cc(-c2cnc(N)s2)cc2c1OCCN(c1nc(N)nc(C)c1C(C)C)C2. The summed E-state index contributed by atoms with van der Waals surface area (Å²) in [6.45, 7) is 10.4. The molecule has 4 N–H and O–H groups in total. The number of anilines is 3. The van der Waals surface area contributed by atoms with Crippen molar-refractivity contribution in [1.29, 1.82) is 0 Å². The highest BCUT2D eigenvalue weighted by atomic mass is 32.1. The summed E-state index contributed by atoms with van der Waals surface area (Å²) in [4.78, 5) is 16.5. The van der Waals surface area contributed by atoms with Crippen LogP contribution in [0.1, 0.15) is 42.1 Å². The van der Waals surface area contributed by atoms with Gasteiger partial charge in [-0.05, 0) is 43.0 Å². The number of ether oxygens (including phenoxy) is 1. The average Bonchev–Trinajstić information content (AvgIpc) is 2.95. The van der Waals surface area contributed by atoms with Gasteiger partial charge in [0.15, 0.2) is 5.13 Å². The molecule has 0 aliphatic carbocycles. The van der Waals surface area contributed by atoms with Crippen molar-refractivity contribution >= 4 is 28.2 Å². The summed E-state index contributed by atoms with van der Waals surface area (Å²) in [7, 11) is 0. The number of benzene rings is 1. The molecule has 8 heteroatoms. The van der Waals surface area contributed by atoms with Gasteiger partial charge in [0, 0.05) is 29.6 Å². The van der Waals surface area contributed by atoms with Crippen molar-refractivity contribution in [2.75, 3.05) is 29.5 Å². The van der Waals surface area contributed by atoms with Gasteiger partial charge in [-0.3, -0.25) is 0 Å². The number of hydrogen-bond acceptors (Lipinski definition) is 8. The molecule has 4 rings (SSSR count). The zero-order valence-electron chi connectivity index (χ0n) is 17.2. The van der Waals surface area contributed by atoms with Crippen molar-refractivity contribution in [2.45, 2.75) is 40.2 Å². The number of fused-ring (bicyclic) bond motifs is 1. The Balaban J connectivity index is 1.78. The Morgan fingerprint density at radius 1 is 1.17 bits per heavy atom. The summed E-state index contributed by atoms with van der Waals surface area (Å²) >= 11 is 1.49. The summed E-state index contributed by atoms with van der Waals surface area (Å²) in [5.74, 6) is 2.44. The summed E-state index contributed by atoms with van der Waals surface area (Å²) in [6.07, 6.45) is 1.82. The third-order valence-electron chi connectivity index (χ3n) is 5.14. The van der Waals surface area contributed by atoms with E-state index in [9.17, 15) is 0 Å². The van der Waals surface area contributed by atoms with Crippen LogP contribution in [0.15, 0.2) is 18.3 Å². The van der Waals surface area contributed by atoms with Gasteiger partial charge in [0.25, 0.3) is 0 Å². The molecule has 0 atom stereocenters. The van der Waals surface area contributed by atoms with E-state index in [4.69, 9.17) is 16.2 Å². The molecule has 0 bridgehead atoms. The Morgan fingerprint density at radius 3 is 2.66 bits per heavy atom. The molecule has 0 spiro atoms. The number of aryl methyl sites for hydroxylation is 2. The predicted molar refractivity (Wildman–Crippen MR) is 119 cm³/mol. The monoisotopic (exact) mass is 410 g/mol. The van der Waals surface area contributed by atoms with Gasteiger partial charge in [-0.15, -0.1) is 0 Å². The van der Waals surface area contributed by atoms with Crippen LogP contribution in [-0.2, 0) is 6.54 Å². The number of rotatable bonds is 3. The van der Waals surface area contributed by atoms with Crippen molar-refractivity contribution < 1.29 is 4.74 Å². The van der Waals surface area contributed by atoms with E-state index in [1.807, 2.05) is 13.1 Å². The Bertz CT molecular complexity index is 1060. The summed E-state index contributed by atoms with van der Waals surface area (Å²) in [5, 5.41) is 0.569. The second-order valence-electron chi connectivity index (χ2n) is 7.67. The minimum absolute atomic E-state index is 0.294. The first-order valence-corrected chi connectivity index (χ1v) is 10.5. The van der Waals surface area contributed by atoms with Crippen molar-refractivity contribution in [3.63, 3.8) is 0 Å². The van der Waals surface area contributed by atoms with Gasteiger partial charge in [-0.1, -0.05) is 25.2 Å². The predicted octanol–water partition coefficient (Wildman–Crippen LogP) is 3.90. The minimum Gasteiger partial charge on any atom is -0.491 e. The molecule has 152 valence electrons. The summed E-state index contributed by atoms with van der Waals surface area (Å²) in [5.41, 5.74) is 17.2. The van der Waals surface area contributed by atoms with E-state index < -0.39 is 0 Å². The van der Waals surface area contributed by atoms with Gasteiger partial charge in [-0.2, -0.15) is 4.98 Å². The third kappa shape index (κ3) is 3.72. The molecule has 0 saturated heterocycles. The Labute approximate surface area is 174 Å². The molecule has 3 aromatic rings. The van der Waals surface area contributed by atoms with E-state index >= 15 is 0 Å². The summed E-state index contributed by atoms with van der Waals surface area (Å²) in [6, 6.07) is 4.30. The molecule has 0 saturated carbocycles. The molecule has 0 fully saturated rings. The topological polar surface area (TPSA) is 103 Å². The lowest BCUT2D eigenvalue weighted by molar-refractivity contribution is 0.329. The van der Waals surface area contributed by atoms with Crippen molar-refractivity contribution in [2.24, 2.45) is 0 Å². The molecule has 7 nitrogen and oxygen atoms in total. The molecular weight excluding hydrogens is 384 g/mol. The maximum absolute atomic E-state index is 6.13. The second kappa shape index (κ2) is 7.51. The zero-order chi connectivity index (χ0) is 20.7. The maximum Gasteiger partial charge on any atom is 0.222 e. The highest BCUT2D eigenvalue weighted by Crippen LogP contribution is 2.37. The molecule has 0 radical (unpaired) electrons. The molecule has 0 amide bonds. The number of hydrogen-bond donors (Lipinski definition) is 2. The molecule has 29 heavy (non-hydrogen) atoms. The molecule has 0 unspecified atom stereocenters. The first kappa shape index (κ1) is 19.4. The summed E-state index contributed by atoms with van der Waals surface area (Å²) < 4.78 is 6.13. The first-order valence-electron chi connectivity index (χ1n) is 9.70. The van der Waals surface area contributed by atoms with Gasteiger partial charge in [-0.25, -0.2) is 9.97 Å². The molecule has 1 aliphatic rings. The maximum atomic E-state index is 6.13. The number of nitrogen functional groups attached to an aromatic ring is 2. The number of aromatic nitrogens is 3. The van der Waals surface area contributed by atoms with Gasteiger partial charge in [0.05, 0.1) is 11.4 Å². The number of thiazole rings is 1. The fraction of sp³-hybridized carbons (Fsp3) is 0.381. The lowest BCUT2D eigenvalue weighted by atomic mass is 10.0. The highest BCUT2D eigenvalue weighted by molar-refractivity contribution is 7.18. The van der Waals surface area contributed by atoms with Crippen LogP contribution in [-0.4, -0.2) is 28.1 Å². The van der Waals surface area contributed by atoms with Crippen molar-refractivity contribution in [1.82, 2.24) is 15.0 Å². The highest BCUT2D eigenvalue weighted by Gasteiger charge is 2.24. The van der Waals surface area contributed by atoms with Gasteiger partial charge in [0.2, 0.25) is 5.95 Å². The van der Waals surface area contributed by atoms with E-state index in [2.05, 4.69) is 52.8 Å². The van der Waals surface area contributed by atoms with Crippen molar-refractivity contribution in [3.05, 3.63) is 40.7 Å². The minimum atomic E-state index is 0.294. The zero-order valence-corrected chi connectivity index (χ0v) is 18.0. The Morgan fingerprint density at radius 2 is 1.97 bits per heavy atom. The largest absolute Gasteiger partial charge is 0.491 e. The normalized spacial score (nSPS) is 13.9. The standard InChI is InChI=1S/C21H26N6OS/c1-11(2)17-13(4)25-20(22)26-19(17)27-5-6-28-18-12(3)7-14(8-15(18)10-27)16-9-24-21(23)29-16/h7-9,11H,5-6,10H2,1-4H3,(H2,23,24)(H2,22,25,26). The van der Waals surface area contributed by atoms with E-state index in [0.717, 1.165) is 50.9 Å². The fourth-order valence-electron chi connectivity index (χ4n) is 3.96. The Hall–Kier alpha value is -2.87. The van der Waals surface area contributed by atoms with E-state index in [-0.39, 0.29) is 0 Å². The van der Waals surface area contributed by atoms with Crippen LogP contribution in [0.5, 0.6) is 5.75 Å². The third-order valence-corrected chi connectivity index (χ3v) is 6.01. The van der Waals surface area contributed by atoms with Crippen LogP contribution < -0.4 is 21.1 Å². The Kier molecular flexibility index (Phi) is 5.04. The lowest BCUT2D eigenvalue weighted by Crippen LogP contribution is -2.28. The molecular formula is C21H26N6OS. The lowest BCUT2D eigenvalue weighted by Gasteiger charge is -2.26. The van der Waals surface area contributed by atoms with Crippen LogP contribution in [0.25, 0.3) is 10.4 Å². The van der Waals surface area contributed by atoms with E-state index in [0.29, 0.717) is 30.1 Å². The van der Waals surface area contributed by atoms with Crippen LogP contribution in [0.2, 0.25) is 0 Å². The van der Waals surface area contributed by atoms with Gasteiger partial charge >= 0.3 is 0 Å². The van der Waals surface area contributed by atoms with Gasteiger partial charge < -0.3 is 21.1 Å². The molecule has 1 aromatic carbocycles. The fourth-order valence-corrected chi connectivity index (χ4v) is 4.63. The smallest absolute Gasteiger partial charge is 0.222 e. The molecule has 1 aliphatic heterocycles. The molecule has 2 aromatic heterocycles. The van der Waals surface area contributed by atoms with E-state index in [1.54, 1.807) is 0 Å². The second-order valence-corrected chi connectivity index (χ2v) is 8.74. The number of nitrogens with two attached hydrogens (primary N) is 2.